The average Bonchev–Trinajstić information content (AvgIpc) is 2.30. The van der Waals surface area contributed by atoms with E-state index in [1.54, 1.807) is 0 Å². The zero-order valence-electron chi connectivity index (χ0n) is 9.30. The molecule has 0 radical (unpaired) electrons. The van der Waals surface area contributed by atoms with Crippen LogP contribution >= 0.6 is 15.9 Å². The van der Waals surface area contributed by atoms with Crippen LogP contribution in [0.1, 0.15) is 30.4 Å². The third-order valence-corrected chi connectivity index (χ3v) is 3.76. The second kappa shape index (κ2) is 5.02. The van der Waals surface area contributed by atoms with Crippen LogP contribution in [-0.2, 0) is 5.33 Å². The Morgan fingerprint density at radius 1 is 1.20 bits per heavy atom. The summed E-state index contributed by atoms with van der Waals surface area (Å²) < 4.78 is 0. The van der Waals surface area contributed by atoms with Gasteiger partial charge in [-0.15, -0.1) is 0 Å². The van der Waals surface area contributed by atoms with Gasteiger partial charge in [-0.2, -0.15) is 0 Å². The molecule has 1 nitrogen and oxygen atoms in total. The maximum absolute atomic E-state index is 3.50. The van der Waals surface area contributed by atoms with E-state index in [0.717, 1.165) is 5.33 Å². The van der Waals surface area contributed by atoms with E-state index in [1.807, 2.05) is 0 Å². The number of benzene rings is 1. The Labute approximate surface area is 101 Å². The number of aryl methyl sites for hydroxylation is 1. The summed E-state index contributed by atoms with van der Waals surface area (Å²) in [5.74, 6) is 0. The minimum Gasteiger partial charge on any atom is -0.371 e. The van der Waals surface area contributed by atoms with Crippen molar-refractivity contribution in [2.75, 3.05) is 18.0 Å². The number of anilines is 1. The van der Waals surface area contributed by atoms with Gasteiger partial charge in [-0.3, -0.25) is 0 Å². The second-order valence-corrected chi connectivity index (χ2v) is 4.86. The molecule has 1 heterocycles. The van der Waals surface area contributed by atoms with Crippen molar-refractivity contribution in [1.29, 1.82) is 0 Å². The number of alkyl halides is 1. The van der Waals surface area contributed by atoms with Crippen LogP contribution in [0.4, 0.5) is 5.69 Å². The summed E-state index contributed by atoms with van der Waals surface area (Å²) >= 11 is 3.50. The Hall–Kier alpha value is -0.500. The number of hydrogen-bond donors (Lipinski definition) is 0. The molecule has 1 aromatic carbocycles. The molecule has 1 aliphatic rings. The summed E-state index contributed by atoms with van der Waals surface area (Å²) in [5.41, 5.74) is 4.21. The van der Waals surface area contributed by atoms with Crippen molar-refractivity contribution in [1.82, 2.24) is 0 Å². The number of nitrogens with zero attached hydrogens (tertiary/aromatic N) is 1. The maximum atomic E-state index is 3.50. The van der Waals surface area contributed by atoms with E-state index in [1.165, 1.54) is 49.2 Å². The topological polar surface area (TPSA) is 3.24 Å². The van der Waals surface area contributed by atoms with E-state index in [4.69, 9.17) is 0 Å². The smallest absolute Gasteiger partial charge is 0.0396 e. The first kappa shape index (κ1) is 11.0. The molecule has 0 unspecified atom stereocenters. The minimum atomic E-state index is 0.952. The average molecular weight is 268 g/mol. The molecule has 0 saturated carbocycles. The van der Waals surface area contributed by atoms with Gasteiger partial charge in [0.15, 0.2) is 0 Å². The van der Waals surface area contributed by atoms with Gasteiger partial charge >= 0.3 is 0 Å². The molecule has 1 aromatic rings. The highest BCUT2D eigenvalue weighted by Gasteiger charge is 2.12. The van der Waals surface area contributed by atoms with Crippen LogP contribution in [0.2, 0.25) is 0 Å². The molecule has 0 bridgehead atoms. The molecular formula is C13H18BrN. The van der Waals surface area contributed by atoms with Gasteiger partial charge in [0.05, 0.1) is 0 Å². The fourth-order valence-corrected chi connectivity index (χ4v) is 2.64. The summed E-state index contributed by atoms with van der Waals surface area (Å²) in [5, 5.41) is 0.952. The van der Waals surface area contributed by atoms with Crippen molar-refractivity contribution in [3.8, 4) is 0 Å². The van der Waals surface area contributed by atoms with Crippen LogP contribution in [0, 0.1) is 6.92 Å². The first-order valence-electron chi connectivity index (χ1n) is 5.71. The maximum Gasteiger partial charge on any atom is 0.0396 e. The minimum absolute atomic E-state index is 0.952. The summed E-state index contributed by atoms with van der Waals surface area (Å²) in [7, 11) is 0. The summed E-state index contributed by atoms with van der Waals surface area (Å²) in [6, 6.07) is 6.79. The van der Waals surface area contributed by atoms with Gasteiger partial charge in [0.25, 0.3) is 0 Å². The lowest BCUT2D eigenvalue weighted by Gasteiger charge is -2.30. The van der Waals surface area contributed by atoms with E-state index < -0.39 is 0 Å². The molecular weight excluding hydrogens is 250 g/mol. The van der Waals surface area contributed by atoms with E-state index in [2.05, 4.69) is 46.0 Å². The van der Waals surface area contributed by atoms with Crippen molar-refractivity contribution < 1.29 is 0 Å². The van der Waals surface area contributed by atoms with E-state index >= 15 is 0 Å². The number of rotatable bonds is 2. The van der Waals surface area contributed by atoms with Crippen molar-refractivity contribution in [3.05, 3.63) is 29.3 Å². The van der Waals surface area contributed by atoms with Gasteiger partial charge in [-0.25, -0.2) is 0 Å². The lowest BCUT2D eigenvalue weighted by atomic mass is 10.1. The van der Waals surface area contributed by atoms with Crippen LogP contribution in [-0.4, -0.2) is 13.1 Å². The summed E-state index contributed by atoms with van der Waals surface area (Å²) in [4.78, 5) is 2.52. The highest BCUT2D eigenvalue weighted by molar-refractivity contribution is 9.08. The van der Waals surface area contributed by atoms with Gasteiger partial charge in [0, 0.05) is 24.1 Å². The molecule has 2 rings (SSSR count). The number of hydrogen-bond acceptors (Lipinski definition) is 1. The first-order valence-corrected chi connectivity index (χ1v) is 6.84. The molecule has 82 valence electrons. The molecule has 0 aliphatic carbocycles. The fraction of sp³-hybridized carbons (Fsp3) is 0.538. The van der Waals surface area contributed by atoms with Crippen LogP contribution in [0.5, 0.6) is 0 Å². The van der Waals surface area contributed by atoms with Crippen LogP contribution in [0.15, 0.2) is 18.2 Å². The third kappa shape index (κ3) is 2.54. The van der Waals surface area contributed by atoms with Gasteiger partial charge in [-0.1, -0.05) is 28.1 Å². The molecule has 15 heavy (non-hydrogen) atoms. The number of piperidine rings is 1. The van der Waals surface area contributed by atoms with Crippen LogP contribution in [0.25, 0.3) is 0 Å². The highest BCUT2D eigenvalue weighted by Crippen LogP contribution is 2.25. The fourth-order valence-electron chi connectivity index (χ4n) is 2.29. The lowest BCUT2D eigenvalue weighted by Crippen LogP contribution is -2.29. The Bertz CT molecular complexity index is 329. The molecule has 0 N–H and O–H groups in total. The molecule has 1 fully saturated rings. The Morgan fingerprint density at radius 3 is 2.53 bits per heavy atom. The second-order valence-electron chi connectivity index (χ2n) is 4.30. The zero-order chi connectivity index (χ0) is 10.7. The van der Waals surface area contributed by atoms with Crippen LogP contribution in [0.3, 0.4) is 0 Å². The molecule has 0 spiro atoms. The van der Waals surface area contributed by atoms with Crippen molar-refractivity contribution in [2.24, 2.45) is 0 Å². The van der Waals surface area contributed by atoms with Gasteiger partial charge in [0.1, 0.15) is 0 Å². The largest absolute Gasteiger partial charge is 0.371 e. The summed E-state index contributed by atoms with van der Waals surface area (Å²) in [6.07, 6.45) is 4.09. The SMILES string of the molecule is Cc1cc(CBr)ccc1N1CCCCC1. The Morgan fingerprint density at radius 2 is 1.93 bits per heavy atom. The number of halogens is 1. The first-order chi connectivity index (χ1) is 7.31. The molecule has 0 atom stereocenters. The van der Waals surface area contributed by atoms with E-state index in [-0.39, 0.29) is 0 Å². The van der Waals surface area contributed by atoms with Gasteiger partial charge in [-0.05, 0) is 43.4 Å². The lowest BCUT2D eigenvalue weighted by molar-refractivity contribution is 0.577. The monoisotopic (exact) mass is 267 g/mol. The van der Waals surface area contributed by atoms with Gasteiger partial charge in [0.2, 0.25) is 0 Å². The Kier molecular flexibility index (Phi) is 3.68. The predicted molar refractivity (Wildman–Crippen MR) is 69.9 cm³/mol. The van der Waals surface area contributed by atoms with Gasteiger partial charge < -0.3 is 4.90 Å². The molecule has 0 amide bonds. The molecule has 1 aliphatic heterocycles. The molecule has 2 heteroatoms. The third-order valence-electron chi connectivity index (χ3n) is 3.11. The van der Waals surface area contributed by atoms with Crippen molar-refractivity contribution in [3.63, 3.8) is 0 Å². The normalized spacial score (nSPS) is 16.8. The zero-order valence-corrected chi connectivity index (χ0v) is 10.9. The van der Waals surface area contributed by atoms with E-state index in [9.17, 15) is 0 Å². The standard InChI is InChI=1S/C13H18BrN/c1-11-9-12(10-14)5-6-13(11)15-7-3-2-4-8-15/h5-6,9H,2-4,7-8,10H2,1H3. The molecule has 0 aromatic heterocycles. The Balaban J connectivity index is 2.19. The summed E-state index contributed by atoms with van der Waals surface area (Å²) in [6.45, 7) is 4.68. The van der Waals surface area contributed by atoms with Crippen LogP contribution < -0.4 is 4.90 Å². The van der Waals surface area contributed by atoms with Crippen molar-refractivity contribution in [2.45, 2.75) is 31.5 Å². The quantitative estimate of drug-likeness (QED) is 0.736. The highest BCUT2D eigenvalue weighted by atomic mass is 79.9. The predicted octanol–water partition coefficient (Wildman–Crippen LogP) is 3.88. The molecule has 1 saturated heterocycles. The van der Waals surface area contributed by atoms with E-state index in [0.29, 0.717) is 0 Å². The van der Waals surface area contributed by atoms with Crippen molar-refractivity contribution >= 4 is 21.6 Å².